The van der Waals surface area contributed by atoms with Crippen LogP contribution in [0.1, 0.15) is 27.2 Å². The van der Waals surface area contributed by atoms with Crippen LogP contribution in [-0.4, -0.2) is 17.8 Å². The second-order valence-electron chi connectivity index (χ2n) is 4.23. The van der Waals surface area contributed by atoms with E-state index < -0.39 is 0 Å². The van der Waals surface area contributed by atoms with Gasteiger partial charge in [-0.2, -0.15) is 0 Å². The first kappa shape index (κ1) is 9.01. The van der Waals surface area contributed by atoms with Gasteiger partial charge in [-0.3, -0.25) is 0 Å². The van der Waals surface area contributed by atoms with Crippen molar-refractivity contribution >= 4 is 0 Å². The number of hydrogen-bond donors (Lipinski definition) is 2. The monoisotopic (exact) mass is 157 g/mol. The molecule has 0 spiro atoms. The van der Waals surface area contributed by atoms with E-state index in [0.29, 0.717) is 18.4 Å². The molecule has 11 heavy (non-hydrogen) atoms. The second kappa shape index (κ2) is 2.76. The first-order valence-corrected chi connectivity index (χ1v) is 4.42. The molecule has 0 heterocycles. The Balaban J connectivity index is 2.58. The van der Waals surface area contributed by atoms with Crippen molar-refractivity contribution in [2.75, 3.05) is 6.54 Å². The average molecular weight is 157 g/mol. The standard InChI is InChI=1S/C9H19NO/c1-6(2)8(11)9(5-10)4-7(9)3/h6-8,11H,4-5,10H2,1-3H3. The molecule has 0 aromatic rings. The Morgan fingerprint density at radius 3 is 2.18 bits per heavy atom. The van der Waals surface area contributed by atoms with Crippen LogP contribution in [-0.2, 0) is 0 Å². The van der Waals surface area contributed by atoms with E-state index >= 15 is 0 Å². The van der Waals surface area contributed by atoms with Crippen LogP contribution in [0.3, 0.4) is 0 Å². The normalized spacial score (nSPS) is 39.3. The third-order valence-electron chi connectivity index (χ3n) is 3.11. The van der Waals surface area contributed by atoms with E-state index in [-0.39, 0.29) is 11.5 Å². The van der Waals surface area contributed by atoms with E-state index in [1.165, 1.54) is 0 Å². The summed E-state index contributed by atoms with van der Waals surface area (Å²) in [6, 6.07) is 0. The Morgan fingerprint density at radius 2 is 2.09 bits per heavy atom. The second-order valence-corrected chi connectivity index (χ2v) is 4.23. The molecule has 1 fully saturated rings. The van der Waals surface area contributed by atoms with Gasteiger partial charge in [0, 0.05) is 12.0 Å². The van der Waals surface area contributed by atoms with Crippen molar-refractivity contribution in [1.82, 2.24) is 0 Å². The summed E-state index contributed by atoms with van der Waals surface area (Å²) in [4.78, 5) is 0. The van der Waals surface area contributed by atoms with Gasteiger partial charge in [0.15, 0.2) is 0 Å². The molecular weight excluding hydrogens is 138 g/mol. The number of aliphatic hydroxyl groups excluding tert-OH is 1. The van der Waals surface area contributed by atoms with Crippen LogP contribution in [0.4, 0.5) is 0 Å². The highest BCUT2D eigenvalue weighted by molar-refractivity contribution is 5.05. The number of nitrogens with two attached hydrogens (primary N) is 1. The Bertz CT molecular complexity index is 142. The predicted octanol–water partition coefficient (Wildman–Crippen LogP) is 0.988. The number of aliphatic hydroxyl groups is 1. The molecule has 0 amide bonds. The fourth-order valence-corrected chi connectivity index (χ4v) is 1.99. The maximum Gasteiger partial charge on any atom is 0.0634 e. The summed E-state index contributed by atoms with van der Waals surface area (Å²) in [5.74, 6) is 0.952. The SMILES string of the molecule is CC(C)C(O)C1(CN)CC1C. The number of rotatable bonds is 3. The molecule has 1 aliphatic rings. The van der Waals surface area contributed by atoms with Gasteiger partial charge >= 0.3 is 0 Å². The van der Waals surface area contributed by atoms with E-state index in [1.807, 2.05) is 13.8 Å². The third-order valence-corrected chi connectivity index (χ3v) is 3.11. The molecule has 1 rings (SSSR count). The van der Waals surface area contributed by atoms with Gasteiger partial charge in [0.1, 0.15) is 0 Å². The molecule has 66 valence electrons. The Morgan fingerprint density at radius 1 is 1.64 bits per heavy atom. The zero-order chi connectivity index (χ0) is 8.65. The molecular formula is C9H19NO. The molecule has 0 radical (unpaired) electrons. The van der Waals surface area contributed by atoms with Gasteiger partial charge in [-0.05, 0) is 18.3 Å². The zero-order valence-electron chi connectivity index (χ0n) is 7.67. The largest absolute Gasteiger partial charge is 0.392 e. The fourth-order valence-electron chi connectivity index (χ4n) is 1.99. The van der Waals surface area contributed by atoms with Gasteiger partial charge in [0.25, 0.3) is 0 Å². The highest BCUT2D eigenvalue weighted by Gasteiger charge is 2.55. The van der Waals surface area contributed by atoms with E-state index in [0.717, 1.165) is 6.42 Å². The lowest BCUT2D eigenvalue weighted by atomic mass is 9.88. The van der Waals surface area contributed by atoms with Crippen LogP contribution in [0.25, 0.3) is 0 Å². The van der Waals surface area contributed by atoms with Crippen molar-refractivity contribution in [2.24, 2.45) is 23.0 Å². The third kappa shape index (κ3) is 1.30. The molecule has 1 aliphatic carbocycles. The summed E-state index contributed by atoms with van der Waals surface area (Å²) in [5.41, 5.74) is 5.70. The highest BCUT2D eigenvalue weighted by Crippen LogP contribution is 2.55. The minimum absolute atomic E-state index is 0.0637. The maximum absolute atomic E-state index is 9.81. The Kier molecular flexibility index (Phi) is 2.26. The average Bonchev–Trinajstić information content (AvgIpc) is 2.61. The maximum atomic E-state index is 9.81. The van der Waals surface area contributed by atoms with E-state index in [4.69, 9.17) is 5.73 Å². The van der Waals surface area contributed by atoms with Crippen LogP contribution < -0.4 is 5.73 Å². The van der Waals surface area contributed by atoms with Crippen molar-refractivity contribution in [3.8, 4) is 0 Å². The van der Waals surface area contributed by atoms with Gasteiger partial charge in [-0.1, -0.05) is 20.8 Å². The molecule has 1 saturated carbocycles. The summed E-state index contributed by atoms with van der Waals surface area (Å²) in [5, 5.41) is 9.81. The predicted molar refractivity (Wildman–Crippen MR) is 46.1 cm³/mol. The lowest BCUT2D eigenvalue weighted by molar-refractivity contribution is 0.0474. The molecule has 3 unspecified atom stereocenters. The van der Waals surface area contributed by atoms with Crippen molar-refractivity contribution in [3.63, 3.8) is 0 Å². The quantitative estimate of drug-likeness (QED) is 0.641. The van der Waals surface area contributed by atoms with Crippen LogP contribution in [0.5, 0.6) is 0 Å². The van der Waals surface area contributed by atoms with Crippen LogP contribution >= 0.6 is 0 Å². The molecule has 2 heteroatoms. The van der Waals surface area contributed by atoms with E-state index in [1.54, 1.807) is 0 Å². The molecule has 0 saturated heterocycles. The molecule has 0 bridgehead atoms. The fraction of sp³-hybridized carbons (Fsp3) is 1.00. The lowest BCUT2D eigenvalue weighted by Crippen LogP contribution is -2.35. The Hall–Kier alpha value is -0.0800. The topological polar surface area (TPSA) is 46.2 Å². The molecule has 0 aliphatic heterocycles. The van der Waals surface area contributed by atoms with Crippen LogP contribution in [0.15, 0.2) is 0 Å². The summed E-state index contributed by atoms with van der Waals surface area (Å²) < 4.78 is 0. The first-order valence-electron chi connectivity index (χ1n) is 4.42. The van der Waals surface area contributed by atoms with Gasteiger partial charge in [0.2, 0.25) is 0 Å². The van der Waals surface area contributed by atoms with Crippen molar-refractivity contribution in [1.29, 1.82) is 0 Å². The van der Waals surface area contributed by atoms with E-state index in [9.17, 15) is 5.11 Å². The summed E-state index contributed by atoms with van der Waals surface area (Å²) >= 11 is 0. The number of hydrogen-bond acceptors (Lipinski definition) is 2. The van der Waals surface area contributed by atoms with Gasteiger partial charge in [-0.15, -0.1) is 0 Å². The molecule has 0 aromatic carbocycles. The van der Waals surface area contributed by atoms with Gasteiger partial charge in [0.05, 0.1) is 6.10 Å². The molecule has 3 atom stereocenters. The zero-order valence-corrected chi connectivity index (χ0v) is 7.67. The van der Waals surface area contributed by atoms with Crippen LogP contribution in [0.2, 0.25) is 0 Å². The summed E-state index contributed by atoms with van der Waals surface area (Å²) in [6.07, 6.45) is 0.894. The minimum atomic E-state index is -0.206. The van der Waals surface area contributed by atoms with Crippen molar-refractivity contribution in [3.05, 3.63) is 0 Å². The van der Waals surface area contributed by atoms with Crippen molar-refractivity contribution < 1.29 is 5.11 Å². The highest BCUT2D eigenvalue weighted by atomic mass is 16.3. The Labute approximate surface area is 68.8 Å². The first-order chi connectivity index (χ1) is 5.04. The molecule has 3 N–H and O–H groups in total. The van der Waals surface area contributed by atoms with Crippen molar-refractivity contribution in [2.45, 2.75) is 33.3 Å². The lowest BCUT2D eigenvalue weighted by Gasteiger charge is -2.24. The summed E-state index contributed by atoms with van der Waals surface area (Å²) in [6.45, 7) is 6.90. The molecule has 0 aromatic heterocycles. The minimum Gasteiger partial charge on any atom is -0.392 e. The van der Waals surface area contributed by atoms with Crippen LogP contribution in [0, 0.1) is 17.3 Å². The smallest absolute Gasteiger partial charge is 0.0634 e. The van der Waals surface area contributed by atoms with Gasteiger partial charge < -0.3 is 10.8 Å². The van der Waals surface area contributed by atoms with Gasteiger partial charge in [-0.25, -0.2) is 0 Å². The molecule has 2 nitrogen and oxygen atoms in total. The van der Waals surface area contributed by atoms with E-state index in [2.05, 4.69) is 6.92 Å². The summed E-state index contributed by atoms with van der Waals surface area (Å²) in [7, 11) is 0.